The van der Waals surface area contributed by atoms with E-state index in [1.807, 2.05) is 24.3 Å². The van der Waals surface area contributed by atoms with Crippen molar-refractivity contribution in [3.05, 3.63) is 34.3 Å². The van der Waals surface area contributed by atoms with Gasteiger partial charge < -0.3 is 5.73 Å². The first-order valence-corrected chi connectivity index (χ1v) is 8.19. The van der Waals surface area contributed by atoms with E-state index in [1.54, 1.807) is 6.92 Å². The Morgan fingerprint density at radius 1 is 1.29 bits per heavy atom. The average Bonchev–Trinajstić information content (AvgIpc) is 3.05. The minimum atomic E-state index is -2.99. The molecule has 0 heterocycles. The van der Waals surface area contributed by atoms with E-state index in [0.717, 1.165) is 10.0 Å². The standard InChI is InChI=1S/C12H16BrNO2S/c1-2-17(15,16)12-10(7-14)11(12)8-3-5-9(13)6-4-8/h3-6,10-12H,2,7,14H2,1H3/t10-,11-,12-/m1/s1. The van der Waals surface area contributed by atoms with Gasteiger partial charge >= 0.3 is 0 Å². The van der Waals surface area contributed by atoms with Gasteiger partial charge in [-0.25, -0.2) is 8.42 Å². The van der Waals surface area contributed by atoms with Gasteiger partial charge in [0.1, 0.15) is 0 Å². The van der Waals surface area contributed by atoms with Gasteiger partial charge in [-0.1, -0.05) is 35.0 Å². The van der Waals surface area contributed by atoms with Crippen molar-refractivity contribution in [3.8, 4) is 0 Å². The third kappa shape index (κ3) is 2.41. The molecule has 3 atom stereocenters. The van der Waals surface area contributed by atoms with Crippen LogP contribution >= 0.6 is 15.9 Å². The summed E-state index contributed by atoms with van der Waals surface area (Å²) in [5.41, 5.74) is 6.73. The van der Waals surface area contributed by atoms with Gasteiger partial charge in [0.2, 0.25) is 0 Å². The zero-order valence-corrected chi connectivity index (χ0v) is 12.0. The highest BCUT2D eigenvalue weighted by Gasteiger charge is 2.56. The molecule has 0 unspecified atom stereocenters. The van der Waals surface area contributed by atoms with Gasteiger partial charge in [0, 0.05) is 16.1 Å². The predicted molar refractivity (Wildman–Crippen MR) is 72.7 cm³/mol. The molecule has 1 fully saturated rings. The van der Waals surface area contributed by atoms with Crippen LogP contribution in [-0.4, -0.2) is 26.0 Å². The molecule has 17 heavy (non-hydrogen) atoms. The van der Waals surface area contributed by atoms with Crippen LogP contribution in [0, 0.1) is 5.92 Å². The number of hydrogen-bond donors (Lipinski definition) is 1. The maximum atomic E-state index is 11.9. The molecule has 1 saturated carbocycles. The van der Waals surface area contributed by atoms with E-state index in [9.17, 15) is 8.42 Å². The molecule has 2 rings (SSSR count). The summed E-state index contributed by atoms with van der Waals surface area (Å²) in [4.78, 5) is 0. The van der Waals surface area contributed by atoms with Gasteiger partial charge in [-0.05, 0) is 30.2 Å². The van der Waals surface area contributed by atoms with Gasteiger partial charge in [-0.3, -0.25) is 0 Å². The molecule has 0 spiro atoms. The Morgan fingerprint density at radius 2 is 1.88 bits per heavy atom. The number of nitrogens with two attached hydrogens (primary N) is 1. The number of halogens is 1. The minimum absolute atomic E-state index is 0.0815. The summed E-state index contributed by atoms with van der Waals surface area (Å²) < 4.78 is 24.8. The molecule has 1 aliphatic carbocycles. The molecular formula is C12H16BrNO2S. The fraction of sp³-hybridized carbons (Fsp3) is 0.500. The summed E-state index contributed by atoms with van der Waals surface area (Å²) in [6, 6.07) is 7.83. The SMILES string of the molecule is CCS(=O)(=O)[C@@H]1[C@H](CN)[C@H]1c1ccc(Br)cc1. The van der Waals surface area contributed by atoms with E-state index in [2.05, 4.69) is 15.9 Å². The van der Waals surface area contributed by atoms with E-state index < -0.39 is 9.84 Å². The summed E-state index contributed by atoms with van der Waals surface area (Å²) in [5.74, 6) is 0.362. The van der Waals surface area contributed by atoms with Crippen molar-refractivity contribution in [2.45, 2.75) is 18.1 Å². The summed E-state index contributed by atoms with van der Waals surface area (Å²) in [5, 5.41) is -0.279. The monoisotopic (exact) mass is 317 g/mol. The molecule has 1 aromatic rings. The van der Waals surface area contributed by atoms with Gasteiger partial charge in [-0.2, -0.15) is 0 Å². The van der Waals surface area contributed by atoms with E-state index in [4.69, 9.17) is 5.73 Å². The van der Waals surface area contributed by atoms with Gasteiger partial charge in [0.25, 0.3) is 0 Å². The molecule has 0 bridgehead atoms. The van der Waals surface area contributed by atoms with E-state index in [-0.39, 0.29) is 22.8 Å². The zero-order chi connectivity index (χ0) is 12.6. The second kappa shape index (κ2) is 4.71. The normalized spacial score (nSPS) is 28.1. The molecule has 0 amide bonds. The first-order valence-electron chi connectivity index (χ1n) is 5.68. The predicted octanol–water partition coefficient (Wildman–Crippen LogP) is 1.92. The minimum Gasteiger partial charge on any atom is -0.330 e. The summed E-state index contributed by atoms with van der Waals surface area (Å²) in [6.45, 7) is 2.13. The van der Waals surface area contributed by atoms with Gasteiger partial charge in [0.15, 0.2) is 9.84 Å². The molecule has 5 heteroatoms. The topological polar surface area (TPSA) is 60.2 Å². The lowest BCUT2D eigenvalue weighted by atomic mass is 10.1. The lowest BCUT2D eigenvalue weighted by Crippen LogP contribution is -2.15. The summed E-state index contributed by atoms with van der Waals surface area (Å²) in [6.07, 6.45) is 0. The molecule has 0 radical (unpaired) electrons. The molecule has 0 saturated heterocycles. The molecule has 94 valence electrons. The fourth-order valence-corrected chi connectivity index (χ4v) is 4.60. The summed E-state index contributed by atoms with van der Waals surface area (Å²) in [7, 11) is -2.99. The number of rotatable bonds is 4. The second-order valence-electron chi connectivity index (χ2n) is 4.39. The molecule has 3 nitrogen and oxygen atoms in total. The van der Waals surface area contributed by atoms with Crippen molar-refractivity contribution in [3.63, 3.8) is 0 Å². The van der Waals surface area contributed by atoms with Crippen molar-refractivity contribution in [1.82, 2.24) is 0 Å². The number of hydrogen-bond acceptors (Lipinski definition) is 3. The largest absolute Gasteiger partial charge is 0.330 e. The average molecular weight is 318 g/mol. The van der Waals surface area contributed by atoms with Gasteiger partial charge in [-0.15, -0.1) is 0 Å². The van der Waals surface area contributed by atoms with Crippen molar-refractivity contribution in [1.29, 1.82) is 0 Å². The lowest BCUT2D eigenvalue weighted by Gasteiger charge is -2.01. The molecule has 0 aliphatic heterocycles. The van der Waals surface area contributed by atoms with Crippen LogP contribution in [0.2, 0.25) is 0 Å². The molecule has 2 N–H and O–H groups in total. The van der Waals surface area contributed by atoms with Crippen molar-refractivity contribution >= 4 is 25.8 Å². The number of benzene rings is 1. The van der Waals surface area contributed by atoms with E-state index in [0.29, 0.717) is 6.54 Å². The third-order valence-corrected chi connectivity index (χ3v) is 6.25. The third-order valence-electron chi connectivity index (χ3n) is 3.44. The quantitative estimate of drug-likeness (QED) is 0.923. The first kappa shape index (κ1) is 13.1. The number of sulfone groups is 1. The highest BCUT2D eigenvalue weighted by Crippen LogP contribution is 2.51. The van der Waals surface area contributed by atoms with Crippen LogP contribution in [0.5, 0.6) is 0 Å². The Labute approximate surface area is 110 Å². The highest BCUT2D eigenvalue weighted by molar-refractivity contribution is 9.10. The second-order valence-corrected chi connectivity index (χ2v) is 7.76. The fourth-order valence-electron chi connectivity index (χ4n) is 2.43. The first-order chi connectivity index (χ1) is 8.01. The van der Waals surface area contributed by atoms with Crippen LogP contribution in [0.3, 0.4) is 0 Å². The van der Waals surface area contributed by atoms with Crippen LogP contribution in [0.1, 0.15) is 18.4 Å². The Morgan fingerprint density at radius 3 is 2.35 bits per heavy atom. The zero-order valence-electron chi connectivity index (χ0n) is 9.64. The van der Waals surface area contributed by atoms with E-state index >= 15 is 0 Å². The Bertz CT molecular complexity index is 498. The molecular weight excluding hydrogens is 302 g/mol. The molecule has 0 aromatic heterocycles. The van der Waals surface area contributed by atoms with Crippen LogP contribution in [0.4, 0.5) is 0 Å². The Hall–Kier alpha value is -0.390. The van der Waals surface area contributed by atoms with Crippen molar-refractivity contribution in [2.75, 3.05) is 12.3 Å². The van der Waals surface area contributed by atoms with Crippen molar-refractivity contribution in [2.24, 2.45) is 11.7 Å². The molecule has 1 aromatic carbocycles. The molecule has 1 aliphatic rings. The Balaban J connectivity index is 2.26. The van der Waals surface area contributed by atoms with Crippen LogP contribution in [-0.2, 0) is 9.84 Å². The van der Waals surface area contributed by atoms with E-state index in [1.165, 1.54) is 0 Å². The van der Waals surface area contributed by atoms with Crippen LogP contribution < -0.4 is 5.73 Å². The lowest BCUT2D eigenvalue weighted by molar-refractivity contribution is 0.593. The Kier molecular flexibility index (Phi) is 3.61. The van der Waals surface area contributed by atoms with Gasteiger partial charge in [0.05, 0.1) is 5.25 Å². The van der Waals surface area contributed by atoms with Crippen LogP contribution in [0.15, 0.2) is 28.7 Å². The summed E-state index contributed by atoms with van der Waals surface area (Å²) >= 11 is 3.37. The van der Waals surface area contributed by atoms with Crippen molar-refractivity contribution < 1.29 is 8.42 Å². The smallest absolute Gasteiger partial charge is 0.153 e. The maximum absolute atomic E-state index is 11.9. The highest BCUT2D eigenvalue weighted by atomic mass is 79.9. The maximum Gasteiger partial charge on any atom is 0.153 e. The van der Waals surface area contributed by atoms with Crippen LogP contribution in [0.25, 0.3) is 0 Å².